The average Bonchev–Trinajstić information content (AvgIpc) is 2.90. The molecular formula is C17H24N2O2S. The summed E-state index contributed by atoms with van der Waals surface area (Å²) < 4.78 is 0. The molecule has 1 aromatic rings. The smallest absolute Gasteiger partial charge is 0.240 e. The van der Waals surface area contributed by atoms with Gasteiger partial charge in [-0.05, 0) is 30.2 Å². The number of hydrogen-bond acceptors (Lipinski definition) is 3. The fourth-order valence-corrected chi connectivity index (χ4v) is 3.22. The highest BCUT2D eigenvalue weighted by Crippen LogP contribution is 2.29. The van der Waals surface area contributed by atoms with E-state index >= 15 is 0 Å². The van der Waals surface area contributed by atoms with Crippen LogP contribution in [0.2, 0.25) is 0 Å². The van der Waals surface area contributed by atoms with Crippen molar-refractivity contribution >= 4 is 24.4 Å². The van der Waals surface area contributed by atoms with E-state index < -0.39 is 17.2 Å². The van der Waals surface area contributed by atoms with Crippen LogP contribution in [-0.4, -0.2) is 34.6 Å². The van der Waals surface area contributed by atoms with Gasteiger partial charge in [0.25, 0.3) is 0 Å². The van der Waals surface area contributed by atoms with E-state index in [1.807, 2.05) is 44.2 Å². The summed E-state index contributed by atoms with van der Waals surface area (Å²) in [5.41, 5.74) is 6.75. The second kappa shape index (κ2) is 7.18. The molecule has 1 aliphatic rings. The Morgan fingerprint density at radius 1 is 1.32 bits per heavy atom. The molecule has 0 saturated carbocycles. The first-order chi connectivity index (χ1) is 10.4. The molecule has 0 aliphatic carbocycles. The van der Waals surface area contributed by atoms with Crippen molar-refractivity contribution in [3.05, 3.63) is 35.9 Å². The van der Waals surface area contributed by atoms with Crippen LogP contribution in [-0.2, 0) is 16.0 Å². The lowest BCUT2D eigenvalue weighted by Crippen LogP contribution is -2.50. The van der Waals surface area contributed by atoms with Gasteiger partial charge in [-0.3, -0.25) is 9.59 Å². The first kappa shape index (κ1) is 16.9. The number of thiol groups is 1. The normalized spacial score (nSPS) is 22.8. The maximum Gasteiger partial charge on any atom is 0.240 e. The van der Waals surface area contributed by atoms with Gasteiger partial charge in [-0.25, -0.2) is 0 Å². The molecule has 22 heavy (non-hydrogen) atoms. The predicted octanol–water partition coefficient (Wildman–Crippen LogP) is 1.89. The number of nitrogens with zero attached hydrogens (tertiary/aromatic N) is 1. The Balaban J connectivity index is 2.14. The van der Waals surface area contributed by atoms with E-state index in [9.17, 15) is 9.59 Å². The molecule has 120 valence electrons. The summed E-state index contributed by atoms with van der Waals surface area (Å²) in [6, 6.07) is 9.48. The molecule has 1 aromatic carbocycles. The highest BCUT2D eigenvalue weighted by Gasteiger charge is 2.42. The number of carbonyl (C=O) groups excluding carboxylic acids is 2. The van der Waals surface area contributed by atoms with Crippen LogP contribution < -0.4 is 5.73 Å². The molecule has 2 N–H and O–H groups in total. The van der Waals surface area contributed by atoms with Gasteiger partial charge in [-0.2, -0.15) is 12.6 Å². The molecule has 5 heteroatoms. The highest BCUT2D eigenvalue weighted by molar-refractivity contribution is 7.81. The number of hydrogen-bond donors (Lipinski definition) is 2. The topological polar surface area (TPSA) is 63.4 Å². The molecule has 2 amide bonds. The molecule has 3 unspecified atom stereocenters. The predicted molar refractivity (Wildman–Crippen MR) is 90.6 cm³/mol. The first-order valence-electron chi connectivity index (χ1n) is 7.73. The minimum atomic E-state index is -0.527. The van der Waals surface area contributed by atoms with Gasteiger partial charge in [0.15, 0.2) is 0 Å². The van der Waals surface area contributed by atoms with Gasteiger partial charge in [0.2, 0.25) is 11.8 Å². The largest absolute Gasteiger partial charge is 0.368 e. The zero-order valence-electron chi connectivity index (χ0n) is 13.1. The summed E-state index contributed by atoms with van der Waals surface area (Å²) in [4.78, 5) is 26.1. The Labute approximate surface area is 137 Å². The number of rotatable bonds is 5. The van der Waals surface area contributed by atoms with Gasteiger partial charge in [0, 0.05) is 6.54 Å². The van der Waals surface area contributed by atoms with Crippen molar-refractivity contribution in [2.45, 2.75) is 38.0 Å². The van der Waals surface area contributed by atoms with Crippen LogP contribution >= 0.6 is 12.6 Å². The SMILES string of the molecule is CC(C)C(S)C(=O)N1CCC(Cc2ccccc2)C1C(N)=O. The Morgan fingerprint density at radius 2 is 1.95 bits per heavy atom. The standard InChI is InChI=1S/C17H24N2O2S/c1-11(2)15(22)17(21)19-9-8-13(14(19)16(18)20)10-12-6-4-3-5-7-12/h3-7,11,13-15,22H,8-10H2,1-2H3,(H2,18,20). The van der Waals surface area contributed by atoms with E-state index in [0.29, 0.717) is 6.54 Å². The summed E-state index contributed by atoms with van der Waals surface area (Å²) in [7, 11) is 0. The van der Waals surface area contributed by atoms with Crippen molar-refractivity contribution in [2.75, 3.05) is 6.54 Å². The van der Waals surface area contributed by atoms with Crippen LogP contribution in [0.15, 0.2) is 30.3 Å². The van der Waals surface area contributed by atoms with E-state index in [0.717, 1.165) is 12.8 Å². The lowest BCUT2D eigenvalue weighted by Gasteiger charge is -2.29. The summed E-state index contributed by atoms with van der Waals surface area (Å²) in [6.07, 6.45) is 1.56. The van der Waals surface area contributed by atoms with Crippen LogP contribution in [0, 0.1) is 11.8 Å². The number of amides is 2. The Morgan fingerprint density at radius 3 is 2.50 bits per heavy atom. The number of benzene rings is 1. The number of likely N-dealkylation sites (tertiary alicyclic amines) is 1. The van der Waals surface area contributed by atoms with Gasteiger partial charge < -0.3 is 10.6 Å². The van der Waals surface area contributed by atoms with Crippen LogP contribution in [0.25, 0.3) is 0 Å². The molecule has 1 saturated heterocycles. The zero-order chi connectivity index (χ0) is 16.3. The summed E-state index contributed by atoms with van der Waals surface area (Å²) in [5.74, 6) is -0.303. The fourth-order valence-electron chi connectivity index (χ4n) is 3.08. The van der Waals surface area contributed by atoms with Crippen molar-refractivity contribution in [3.8, 4) is 0 Å². The molecule has 1 fully saturated rings. The maximum atomic E-state index is 12.5. The Kier molecular flexibility index (Phi) is 5.51. The van der Waals surface area contributed by atoms with Gasteiger partial charge >= 0.3 is 0 Å². The molecular weight excluding hydrogens is 296 g/mol. The summed E-state index contributed by atoms with van der Waals surface area (Å²) >= 11 is 4.39. The molecule has 0 bridgehead atoms. The molecule has 0 aromatic heterocycles. The average molecular weight is 320 g/mol. The van der Waals surface area contributed by atoms with Crippen LogP contribution in [0.3, 0.4) is 0 Å². The lowest BCUT2D eigenvalue weighted by molar-refractivity contribution is -0.138. The lowest BCUT2D eigenvalue weighted by atomic mass is 9.92. The van der Waals surface area contributed by atoms with Crippen molar-refractivity contribution in [3.63, 3.8) is 0 Å². The number of nitrogens with two attached hydrogens (primary N) is 1. The minimum Gasteiger partial charge on any atom is -0.368 e. The van der Waals surface area contributed by atoms with Crippen molar-refractivity contribution in [1.82, 2.24) is 4.90 Å². The van der Waals surface area contributed by atoms with Crippen molar-refractivity contribution in [1.29, 1.82) is 0 Å². The van der Waals surface area contributed by atoms with E-state index in [1.54, 1.807) is 4.90 Å². The second-order valence-corrected chi connectivity index (χ2v) is 6.86. The zero-order valence-corrected chi connectivity index (χ0v) is 14.0. The molecule has 4 nitrogen and oxygen atoms in total. The van der Waals surface area contributed by atoms with Gasteiger partial charge in [0.1, 0.15) is 6.04 Å². The molecule has 2 rings (SSSR count). The van der Waals surface area contributed by atoms with Crippen LogP contribution in [0.4, 0.5) is 0 Å². The van der Waals surface area contributed by atoms with E-state index in [1.165, 1.54) is 5.56 Å². The second-order valence-electron chi connectivity index (χ2n) is 6.31. The number of carbonyl (C=O) groups is 2. The molecule has 0 radical (unpaired) electrons. The van der Waals surface area contributed by atoms with Gasteiger partial charge in [0.05, 0.1) is 5.25 Å². The Hall–Kier alpha value is -1.49. The molecule has 3 atom stereocenters. The van der Waals surface area contributed by atoms with Crippen molar-refractivity contribution in [2.24, 2.45) is 17.6 Å². The third-order valence-corrected chi connectivity index (χ3v) is 5.14. The van der Waals surface area contributed by atoms with Crippen LogP contribution in [0.5, 0.6) is 0 Å². The van der Waals surface area contributed by atoms with E-state index in [4.69, 9.17) is 5.73 Å². The quantitative estimate of drug-likeness (QED) is 0.814. The molecule has 1 heterocycles. The van der Waals surface area contributed by atoms with Crippen molar-refractivity contribution < 1.29 is 9.59 Å². The molecule has 1 aliphatic heterocycles. The maximum absolute atomic E-state index is 12.5. The third kappa shape index (κ3) is 3.64. The minimum absolute atomic E-state index is 0.0801. The van der Waals surface area contributed by atoms with Gasteiger partial charge in [-0.15, -0.1) is 0 Å². The highest BCUT2D eigenvalue weighted by atomic mass is 32.1. The summed E-state index contributed by atoms with van der Waals surface area (Å²) in [6.45, 7) is 4.48. The third-order valence-electron chi connectivity index (χ3n) is 4.32. The van der Waals surface area contributed by atoms with E-state index in [2.05, 4.69) is 12.6 Å². The number of primary amides is 1. The monoisotopic (exact) mass is 320 g/mol. The first-order valence-corrected chi connectivity index (χ1v) is 8.25. The van der Waals surface area contributed by atoms with E-state index in [-0.39, 0.29) is 17.7 Å². The van der Waals surface area contributed by atoms with Gasteiger partial charge in [-0.1, -0.05) is 44.2 Å². The fraction of sp³-hybridized carbons (Fsp3) is 0.529. The van der Waals surface area contributed by atoms with Crippen LogP contribution in [0.1, 0.15) is 25.8 Å². The Bertz CT molecular complexity index is 533. The summed E-state index contributed by atoms with van der Waals surface area (Å²) in [5, 5.41) is -0.391. The molecule has 0 spiro atoms.